The highest BCUT2D eigenvalue weighted by molar-refractivity contribution is 6.08. The largest absolute Gasteiger partial charge is 0.468 e. The molecule has 2 aromatic rings. The van der Waals surface area contributed by atoms with Gasteiger partial charge in [-0.2, -0.15) is 0 Å². The van der Waals surface area contributed by atoms with Crippen LogP contribution in [0.3, 0.4) is 0 Å². The zero-order valence-corrected chi connectivity index (χ0v) is 13.0. The summed E-state index contributed by atoms with van der Waals surface area (Å²) in [5, 5.41) is 1.05. The molecule has 0 saturated heterocycles. The fraction of sp³-hybridized carbons (Fsp3) is 0.412. The molecule has 1 aromatic heterocycles. The van der Waals surface area contributed by atoms with Gasteiger partial charge in [0.15, 0.2) is 0 Å². The fourth-order valence-electron chi connectivity index (χ4n) is 3.71. The van der Waals surface area contributed by atoms with Gasteiger partial charge in [-0.1, -0.05) is 18.2 Å². The lowest BCUT2D eigenvalue weighted by atomic mass is 9.76. The first-order valence-corrected chi connectivity index (χ1v) is 7.33. The van der Waals surface area contributed by atoms with Crippen LogP contribution in [0.1, 0.15) is 24.1 Å². The summed E-state index contributed by atoms with van der Waals surface area (Å²) in [7, 11) is 2.62. The summed E-state index contributed by atoms with van der Waals surface area (Å²) in [4.78, 5) is 25.1. The molecule has 1 aliphatic rings. The van der Waals surface area contributed by atoms with Gasteiger partial charge in [-0.25, -0.2) is 0 Å². The molecule has 0 atom stereocenters. The second-order valence-corrected chi connectivity index (χ2v) is 5.63. The van der Waals surface area contributed by atoms with E-state index in [4.69, 9.17) is 9.47 Å². The number of fused-ring (bicyclic) bond motifs is 3. The van der Waals surface area contributed by atoms with E-state index in [0.29, 0.717) is 12.1 Å². The van der Waals surface area contributed by atoms with Crippen molar-refractivity contribution in [3.8, 4) is 0 Å². The Balaban J connectivity index is 2.39. The zero-order chi connectivity index (χ0) is 15.9. The molecule has 1 aliphatic heterocycles. The highest BCUT2D eigenvalue weighted by atomic mass is 16.5. The van der Waals surface area contributed by atoms with Crippen LogP contribution < -0.4 is 0 Å². The van der Waals surface area contributed by atoms with E-state index in [1.54, 1.807) is 0 Å². The van der Waals surface area contributed by atoms with Gasteiger partial charge in [0.2, 0.25) is 5.41 Å². The molecule has 0 amide bonds. The maximum atomic E-state index is 12.5. The van der Waals surface area contributed by atoms with E-state index < -0.39 is 17.4 Å². The Morgan fingerprint density at radius 3 is 2.41 bits per heavy atom. The average Bonchev–Trinajstić information content (AvgIpc) is 2.87. The first-order valence-electron chi connectivity index (χ1n) is 7.33. The molecule has 5 nitrogen and oxygen atoms in total. The van der Waals surface area contributed by atoms with Crippen LogP contribution in [0.25, 0.3) is 10.9 Å². The third-order valence-corrected chi connectivity index (χ3v) is 4.63. The number of nitrogens with zero attached hydrogens (tertiary/aromatic N) is 1. The quantitative estimate of drug-likeness (QED) is 0.631. The maximum absolute atomic E-state index is 12.5. The first-order chi connectivity index (χ1) is 10.6. The van der Waals surface area contributed by atoms with Crippen molar-refractivity contribution in [1.29, 1.82) is 0 Å². The summed E-state index contributed by atoms with van der Waals surface area (Å²) in [5.74, 6) is -1.10. The van der Waals surface area contributed by atoms with Crippen LogP contribution >= 0.6 is 0 Å². The number of aryl methyl sites for hydroxylation is 2. The molecule has 3 rings (SSSR count). The highest BCUT2D eigenvalue weighted by Crippen LogP contribution is 2.42. The van der Waals surface area contributed by atoms with Crippen molar-refractivity contribution in [3.63, 3.8) is 0 Å². The number of rotatable bonds is 2. The van der Waals surface area contributed by atoms with Crippen LogP contribution in [0, 0.1) is 6.92 Å². The molecule has 0 saturated carbocycles. The van der Waals surface area contributed by atoms with Crippen molar-refractivity contribution >= 4 is 22.8 Å². The smallest absolute Gasteiger partial charge is 0.329 e. The van der Waals surface area contributed by atoms with E-state index in [1.165, 1.54) is 14.2 Å². The minimum atomic E-state index is -1.37. The number of benzene rings is 1. The molecule has 0 fully saturated rings. The molecule has 22 heavy (non-hydrogen) atoms. The monoisotopic (exact) mass is 301 g/mol. The number of hydrogen-bond acceptors (Lipinski definition) is 4. The number of aromatic nitrogens is 1. The van der Waals surface area contributed by atoms with E-state index in [0.717, 1.165) is 29.4 Å². The number of carbonyl (C=O) groups excluding carboxylic acids is 2. The molecule has 0 radical (unpaired) electrons. The highest BCUT2D eigenvalue weighted by Gasteiger charge is 2.54. The molecule has 0 bridgehead atoms. The lowest BCUT2D eigenvalue weighted by molar-refractivity contribution is -0.163. The predicted octanol–water partition coefficient (Wildman–Crippen LogP) is 2.33. The van der Waals surface area contributed by atoms with Gasteiger partial charge >= 0.3 is 11.9 Å². The van der Waals surface area contributed by atoms with Gasteiger partial charge < -0.3 is 14.0 Å². The van der Waals surface area contributed by atoms with Gasteiger partial charge in [-0.05, 0) is 31.4 Å². The van der Waals surface area contributed by atoms with Crippen molar-refractivity contribution in [2.24, 2.45) is 0 Å². The van der Waals surface area contributed by atoms with Gasteiger partial charge in [0.05, 0.1) is 19.9 Å². The topological polar surface area (TPSA) is 57.5 Å². The van der Waals surface area contributed by atoms with Crippen molar-refractivity contribution in [2.45, 2.75) is 31.7 Å². The van der Waals surface area contributed by atoms with E-state index in [-0.39, 0.29) is 0 Å². The van der Waals surface area contributed by atoms with Crippen LogP contribution in [0.4, 0.5) is 0 Å². The van der Waals surface area contributed by atoms with E-state index in [1.807, 2.05) is 31.2 Å². The minimum Gasteiger partial charge on any atom is -0.468 e. The average molecular weight is 301 g/mol. The van der Waals surface area contributed by atoms with Crippen molar-refractivity contribution < 1.29 is 19.1 Å². The molecule has 5 heteroatoms. The summed E-state index contributed by atoms with van der Waals surface area (Å²) in [6.45, 7) is 2.72. The third kappa shape index (κ3) is 1.71. The van der Waals surface area contributed by atoms with Crippen LogP contribution in [0.5, 0.6) is 0 Å². The summed E-state index contributed by atoms with van der Waals surface area (Å²) >= 11 is 0. The normalized spacial score (nSPS) is 16.1. The lowest BCUT2D eigenvalue weighted by Gasteiger charge is -2.34. The van der Waals surface area contributed by atoms with Gasteiger partial charge in [0, 0.05) is 17.4 Å². The van der Waals surface area contributed by atoms with Crippen LogP contribution in [0.15, 0.2) is 24.3 Å². The van der Waals surface area contributed by atoms with Gasteiger partial charge in [-0.3, -0.25) is 9.59 Å². The molecule has 2 heterocycles. The summed E-state index contributed by atoms with van der Waals surface area (Å²) in [5.41, 5.74) is 1.31. The number of esters is 2. The van der Waals surface area contributed by atoms with E-state index in [9.17, 15) is 9.59 Å². The number of para-hydroxylation sites is 1. The molecule has 116 valence electrons. The van der Waals surface area contributed by atoms with E-state index in [2.05, 4.69) is 4.57 Å². The summed E-state index contributed by atoms with van der Waals surface area (Å²) in [6.07, 6.45) is 1.12. The minimum absolute atomic E-state index is 0.406. The van der Waals surface area contributed by atoms with Crippen molar-refractivity contribution in [1.82, 2.24) is 4.57 Å². The Morgan fingerprint density at radius 2 is 1.77 bits per heavy atom. The number of carbonyl (C=O) groups is 2. The van der Waals surface area contributed by atoms with Crippen molar-refractivity contribution in [3.05, 3.63) is 35.5 Å². The van der Waals surface area contributed by atoms with Crippen LogP contribution in [-0.2, 0) is 31.0 Å². The van der Waals surface area contributed by atoms with Gasteiger partial charge in [0.25, 0.3) is 0 Å². The molecular formula is C17H19NO4. The second-order valence-electron chi connectivity index (χ2n) is 5.63. The maximum Gasteiger partial charge on any atom is 0.329 e. The predicted molar refractivity (Wildman–Crippen MR) is 81.6 cm³/mol. The number of methoxy groups -OCH3 is 2. The molecule has 0 unspecified atom stereocenters. The Hall–Kier alpha value is -2.30. The van der Waals surface area contributed by atoms with Crippen LogP contribution in [-0.4, -0.2) is 30.7 Å². The Labute approximate surface area is 128 Å². The Kier molecular flexibility index (Phi) is 3.43. The van der Waals surface area contributed by atoms with Gasteiger partial charge in [0.1, 0.15) is 0 Å². The molecule has 1 aromatic carbocycles. The second kappa shape index (κ2) is 5.16. The van der Waals surface area contributed by atoms with Crippen molar-refractivity contribution in [2.75, 3.05) is 14.2 Å². The number of ether oxygens (including phenoxy) is 2. The third-order valence-electron chi connectivity index (χ3n) is 4.63. The zero-order valence-electron chi connectivity index (χ0n) is 13.0. The molecule has 0 spiro atoms. The Bertz CT molecular complexity index is 743. The van der Waals surface area contributed by atoms with Gasteiger partial charge in [-0.15, -0.1) is 0 Å². The van der Waals surface area contributed by atoms with E-state index >= 15 is 0 Å². The van der Waals surface area contributed by atoms with Crippen LogP contribution in [0.2, 0.25) is 0 Å². The standard InChI is InChI=1S/C17H19NO4/c1-11-12-7-4-5-8-13(12)18-10-6-9-17(14(11)18,15(19)21-2)16(20)22-3/h4-5,7-8H,6,9-10H2,1-3H3. The molecule has 0 N–H and O–H groups in total. The Morgan fingerprint density at radius 1 is 1.14 bits per heavy atom. The first kappa shape index (κ1) is 14.6. The number of hydrogen-bond donors (Lipinski definition) is 0. The fourth-order valence-corrected chi connectivity index (χ4v) is 3.71. The summed E-state index contributed by atoms with van der Waals surface area (Å²) in [6, 6.07) is 7.94. The molecule has 0 aliphatic carbocycles. The lowest BCUT2D eigenvalue weighted by Crippen LogP contribution is -2.49. The summed E-state index contributed by atoms with van der Waals surface area (Å²) < 4.78 is 12.0. The SMILES string of the molecule is COC(=O)C1(C(=O)OC)CCCn2c1c(C)c1ccccc12. The molecular weight excluding hydrogens is 282 g/mol.